The van der Waals surface area contributed by atoms with Crippen LogP contribution in [0.1, 0.15) is 16.1 Å². The summed E-state index contributed by atoms with van der Waals surface area (Å²) in [7, 11) is 0. The third kappa shape index (κ3) is 2.12. The Kier molecular flexibility index (Phi) is 2.71. The topological polar surface area (TPSA) is 83.8 Å². The van der Waals surface area contributed by atoms with E-state index in [1.807, 2.05) is 0 Å². The summed E-state index contributed by atoms with van der Waals surface area (Å²) in [5.74, 6) is -1.90. The van der Waals surface area contributed by atoms with Gasteiger partial charge in [0.25, 0.3) is 0 Å². The molecule has 6 nitrogen and oxygen atoms in total. The number of halogens is 3. The van der Waals surface area contributed by atoms with E-state index >= 15 is 0 Å². The van der Waals surface area contributed by atoms with Crippen LogP contribution in [0.25, 0.3) is 17.0 Å². The lowest BCUT2D eigenvalue weighted by Gasteiger charge is -2.09. The van der Waals surface area contributed by atoms with E-state index in [0.29, 0.717) is 21.9 Å². The molecule has 0 atom stereocenters. The lowest BCUT2D eigenvalue weighted by Crippen LogP contribution is -2.18. The Balaban J connectivity index is 2.25. The van der Waals surface area contributed by atoms with Crippen molar-refractivity contribution in [1.29, 1.82) is 0 Å². The van der Waals surface area contributed by atoms with E-state index in [9.17, 15) is 18.0 Å². The van der Waals surface area contributed by atoms with Gasteiger partial charge in [0.05, 0.1) is 17.2 Å². The first-order valence-electron chi connectivity index (χ1n) is 5.71. The predicted octanol–water partition coefficient (Wildman–Crippen LogP) is 2.47. The molecule has 21 heavy (non-hydrogen) atoms. The molecule has 0 saturated carbocycles. The maximum Gasteiger partial charge on any atom is 0.434 e. The molecule has 108 valence electrons. The average Bonchev–Trinajstić information content (AvgIpc) is 3.01. The van der Waals surface area contributed by atoms with Gasteiger partial charge in [-0.15, -0.1) is 0 Å². The SMILES string of the molecule is O=C(O)c1cnn(-c2nc3ccccc3[nH]2)c1C(F)(F)F. The van der Waals surface area contributed by atoms with Gasteiger partial charge in [-0.25, -0.2) is 9.78 Å². The molecule has 0 radical (unpaired) electrons. The second-order valence-corrected chi connectivity index (χ2v) is 4.20. The monoisotopic (exact) mass is 296 g/mol. The zero-order chi connectivity index (χ0) is 15.2. The fourth-order valence-electron chi connectivity index (χ4n) is 1.98. The van der Waals surface area contributed by atoms with Crippen LogP contribution in [0.3, 0.4) is 0 Å². The van der Waals surface area contributed by atoms with Crippen molar-refractivity contribution in [3.8, 4) is 5.95 Å². The highest BCUT2D eigenvalue weighted by Crippen LogP contribution is 2.33. The number of para-hydroxylation sites is 2. The van der Waals surface area contributed by atoms with Gasteiger partial charge in [0.1, 0.15) is 5.56 Å². The van der Waals surface area contributed by atoms with Gasteiger partial charge in [0.15, 0.2) is 5.69 Å². The molecular formula is C12H7F3N4O2. The zero-order valence-electron chi connectivity index (χ0n) is 10.2. The highest BCUT2D eigenvalue weighted by Gasteiger charge is 2.41. The van der Waals surface area contributed by atoms with Crippen LogP contribution in [-0.4, -0.2) is 30.8 Å². The van der Waals surface area contributed by atoms with Gasteiger partial charge in [-0.1, -0.05) is 12.1 Å². The Labute approximate surface area is 114 Å². The number of H-pyrrole nitrogens is 1. The van der Waals surface area contributed by atoms with Crippen LogP contribution in [0.5, 0.6) is 0 Å². The number of aromatic amines is 1. The van der Waals surface area contributed by atoms with Crippen LogP contribution in [0, 0.1) is 0 Å². The Bertz CT molecular complexity index is 802. The van der Waals surface area contributed by atoms with Crippen molar-refractivity contribution >= 4 is 17.0 Å². The van der Waals surface area contributed by atoms with E-state index in [1.54, 1.807) is 24.3 Å². The number of hydrogen-bond acceptors (Lipinski definition) is 3. The van der Waals surface area contributed by atoms with Crippen molar-refractivity contribution < 1.29 is 23.1 Å². The standard InChI is InChI=1S/C12H7F3N4O2/c13-12(14,15)9-6(10(20)21)5-16-19(9)11-17-7-3-1-2-4-8(7)18-11/h1-5H,(H,17,18)(H,20,21). The smallest absolute Gasteiger partial charge is 0.434 e. The summed E-state index contributed by atoms with van der Waals surface area (Å²) in [6.07, 6.45) is -4.22. The van der Waals surface area contributed by atoms with Crippen molar-refractivity contribution in [2.75, 3.05) is 0 Å². The van der Waals surface area contributed by atoms with Gasteiger partial charge in [-0.05, 0) is 12.1 Å². The third-order valence-electron chi connectivity index (χ3n) is 2.85. The first-order valence-corrected chi connectivity index (χ1v) is 5.71. The number of carboxylic acids is 1. The molecule has 0 fully saturated rings. The molecule has 0 saturated heterocycles. The molecule has 1 aromatic carbocycles. The van der Waals surface area contributed by atoms with Crippen LogP contribution in [0.15, 0.2) is 30.5 Å². The molecule has 0 spiro atoms. The van der Waals surface area contributed by atoms with Crippen LogP contribution < -0.4 is 0 Å². The summed E-state index contributed by atoms with van der Waals surface area (Å²) in [5.41, 5.74) is -1.34. The van der Waals surface area contributed by atoms with Crippen LogP contribution >= 0.6 is 0 Å². The highest BCUT2D eigenvalue weighted by molar-refractivity contribution is 5.89. The van der Waals surface area contributed by atoms with Gasteiger partial charge in [-0.2, -0.15) is 23.0 Å². The Morgan fingerprint density at radius 1 is 1.29 bits per heavy atom. The number of aromatic carboxylic acids is 1. The lowest BCUT2D eigenvalue weighted by atomic mass is 10.2. The number of fused-ring (bicyclic) bond motifs is 1. The number of carbonyl (C=O) groups is 1. The normalized spacial score (nSPS) is 12.0. The van der Waals surface area contributed by atoms with Crippen molar-refractivity contribution in [2.45, 2.75) is 6.18 Å². The van der Waals surface area contributed by atoms with E-state index < -0.39 is 23.4 Å². The van der Waals surface area contributed by atoms with E-state index in [0.717, 1.165) is 0 Å². The van der Waals surface area contributed by atoms with Crippen LogP contribution in [0.2, 0.25) is 0 Å². The number of aromatic nitrogens is 4. The number of imidazole rings is 1. The summed E-state index contributed by atoms with van der Waals surface area (Å²) >= 11 is 0. The van der Waals surface area contributed by atoms with E-state index in [1.165, 1.54) is 0 Å². The van der Waals surface area contributed by atoms with Crippen LogP contribution in [0.4, 0.5) is 13.2 Å². The van der Waals surface area contributed by atoms with E-state index in [-0.39, 0.29) is 5.95 Å². The van der Waals surface area contributed by atoms with Crippen molar-refractivity contribution in [2.24, 2.45) is 0 Å². The maximum atomic E-state index is 13.1. The number of alkyl halides is 3. The molecule has 9 heteroatoms. The Morgan fingerprint density at radius 2 is 2.00 bits per heavy atom. The molecule has 0 unspecified atom stereocenters. The van der Waals surface area contributed by atoms with Crippen molar-refractivity contribution in [3.63, 3.8) is 0 Å². The molecule has 0 aliphatic rings. The number of nitrogens with one attached hydrogen (secondary N) is 1. The molecule has 0 bridgehead atoms. The van der Waals surface area contributed by atoms with Gasteiger partial charge in [-0.3, -0.25) is 0 Å². The first kappa shape index (κ1) is 13.2. The molecule has 2 N–H and O–H groups in total. The van der Waals surface area contributed by atoms with E-state index in [4.69, 9.17) is 5.11 Å². The summed E-state index contributed by atoms with van der Waals surface area (Å²) in [5, 5.41) is 12.3. The number of carboxylic acid groups (broad SMARTS) is 1. The maximum absolute atomic E-state index is 13.1. The minimum Gasteiger partial charge on any atom is -0.478 e. The van der Waals surface area contributed by atoms with Crippen molar-refractivity contribution in [3.05, 3.63) is 41.7 Å². The zero-order valence-corrected chi connectivity index (χ0v) is 10.2. The van der Waals surface area contributed by atoms with Gasteiger partial charge >= 0.3 is 12.1 Å². The molecule has 3 rings (SSSR count). The van der Waals surface area contributed by atoms with Gasteiger partial charge < -0.3 is 10.1 Å². The molecule has 0 aliphatic heterocycles. The van der Waals surface area contributed by atoms with Gasteiger partial charge in [0, 0.05) is 0 Å². The first-order chi connectivity index (χ1) is 9.88. The minimum atomic E-state index is -4.87. The average molecular weight is 296 g/mol. The summed E-state index contributed by atoms with van der Waals surface area (Å²) in [6.45, 7) is 0. The molecular weight excluding hydrogens is 289 g/mol. The molecule has 3 aromatic rings. The Morgan fingerprint density at radius 3 is 2.62 bits per heavy atom. The largest absolute Gasteiger partial charge is 0.478 e. The molecule has 2 aromatic heterocycles. The van der Waals surface area contributed by atoms with E-state index in [2.05, 4.69) is 15.1 Å². The fourth-order valence-corrected chi connectivity index (χ4v) is 1.98. The predicted molar refractivity (Wildman–Crippen MR) is 65.2 cm³/mol. The number of benzene rings is 1. The Hall–Kier alpha value is -2.84. The van der Waals surface area contributed by atoms with Crippen molar-refractivity contribution in [1.82, 2.24) is 19.7 Å². The number of hydrogen-bond donors (Lipinski definition) is 2. The summed E-state index contributed by atoms with van der Waals surface area (Å²) in [6, 6.07) is 6.63. The number of rotatable bonds is 2. The minimum absolute atomic E-state index is 0.198. The fraction of sp³-hybridized carbons (Fsp3) is 0.0833. The molecule has 0 amide bonds. The summed E-state index contributed by atoms with van der Waals surface area (Å²) < 4.78 is 39.7. The second kappa shape index (κ2) is 4.33. The quantitative estimate of drug-likeness (QED) is 0.761. The molecule has 2 heterocycles. The highest BCUT2D eigenvalue weighted by atomic mass is 19.4. The van der Waals surface area contributed by atoms with Gasteiger partial charge in [0.2, 0.25) is 5.95 Å². The molecule has 0 aliphatic carbocycles. The van der Waals surface area contributed by atoms with Crippen LogP contribution in [-0.2, 0) is 6.18 Å². The number of nitrogens with zero attached hydrogens (tertiary/aromatic N) is 3. The summed E-state index contributed by atoms with van der Waals surface area (Å²) in [4.78, 5) is 17.6. The third-order valence-corrected chi connectivity index (χ3v) is 2.85. The second-order valence-electron chi connectivity index (χ2n) is 4.20. The lowest BCUT2D eigenvalue weighted by molar-refractivity contribution is -0.143.